The summed E-state index contributed by atoms with van der Waals surface area (Å²) in [5.41, 5.74) is 8.47. The monoisotopic (exact) mass is 361 g/mol. The van der Waals surface area contributed by atoms with E-state index in [4.69, 9.17) is 11.1 Å². The van der Waals surface area contributed by atoms with Crippen LogP contribution in [0.4, 0.5) is 11.4 Å². The van der Waals surface area contributed by atoms with Crippen LogP contribution in [0.2, 0.25) is 0 Å². The smallest absolute Gasteiger partial charge is 0.337 e. The average Bonchev–Trinajstić information content (AvgIpc) is 2.66. The van der Waals surface area contributed by atoms with Crippen LogP contribution < -0.4 is 11.1 Å². The summed E-state index contributed by atoms with van der Waals surface area (Å²) in [6, 6.07) is 15.8. The number of amides is 1. The summed E-state index contributed by atoms with van der Waals surface area (Å²) >= 11 is 0. The number of rotatable bonds is 6. The van der Waals surface area contributed by atoms with Crippen LogP contribution in [0, 0.1) is 5.41 Å². The third kappa shape index (κ3) is 3.95. The molecule has 0 spiro atoms. The summed E-state index contributed by atoms with van der Waals surface area (Å²) in [5.74, 6) is -1.33. The van der Waals surface area contributed by atoms with Crippen molar-refractivity contribution in [2.24, 2.45) is 0 Å². The first-order valence-corrected chi connectivity index (χ1v) is 8.43. The van der Waals surface area contributed by atoms with E-state index < -0.39 is 5.97 Å². The molecule has 5 N–H and O–H groups in total. The van der Waals surface area contributed by atoms with E-state index in [1.54, 1.807) is 24.3 Å². The minimum Gasteiger partial charge on any atom is -0.478 e. The van der Waals surface area contributed by atoms with Gasteiger partial charge in [0.25, 0.3) is 0 Å². The minimum absolute atomic E-state index is 0.0633. The molecule has 3 aromatic rings. The normalized spacial score (nSPS) is 10.5. The molecule has 6 heteroatoms. The molecule has 0 saturated carbocycles. The van der Waals surface area contributed by atoms with Crippen LogP contribution in [0.3, 0.4) is 0 Å². The molecule has 3 aromatic carbocycles. The molecule has 0 aliphatic carbocycles. The second kappa shape index (κ2) is 7.70. The summed E-state index contributed by atoms with van der Waals surface area (Å²) in [6.45, 7) is 0. The number of nitrogen functional groups attached to an aromatic ring is 1. The van der Waals surface area contributed by atoms with E-state index in [0.717, 1.165) is 16.3 Å². The molecule has 0 fully saturated rings. The Morgan fingerprint density at radius 1 is 1.11 bits per heavy atom. The predicted octanol–water partition coefficient (Wildman–Crippen LogP) is 3.69. The SMILES string of the molecule is N=Cc1c(N)ccc2cc(CCC(=O)Nc3ccccc3C(=O)O)ccc12. The van der Waals surface area contributed by atoms with Gasteiger partial charge < -0.3 is 21.6 Å². The fraction of sp³-hybridized carbons (Fsp3) is 0.0952. The van der Waals surface area contributed by atoms with E-state index in [9.17, 15) is 14.7 Å². The Hall–Kier alpha value is -3.67. The molecule has 136 valence electrons. The van der Waals surface area contributed by atoms with Gasteiger partial charge >= 0.3 is 5.97 Å². The second-order valence-electron chi connectivity index (χ2n) is 6.17. The Balaban J connectivity index is 1.72. The number of fused-ring (bicyclic) bond motifs is 1. The Morgan fingerprint density at radius 3 is 2.63 bits per heavy atom. The molecule has 27 heavy (non-hydrogen) atoms. The molecule has 0 aliphatic heterocycles. The molecular formula is C21H19N3O3. The molecule has 0 heterocycles. The zero-order valence-corrected chi connectivity index (χ0v) is 14.5. The summed E-state index contributed by atoms with van der Waals surface area (Å²) in [7, 11) is 0. The molecule has 0 saturated heterocycles. The molecule has 3 rings (SSSR count). The van der Waals surface area contributed by atoms with Crippen LogP contribution in [0.25, 0.3) is 10.8 Å². The predicted molar refractivity (Wildman–Crippen MR) is 107 cm³/mol. The van der Waals surface area contributed by atoms with Crippen molar-refractivity contribution in [3.63, 3.8) is 0 Å². The van der Waals surface area contributed by atoms with Gasteiger partial charge in [0, 0.05) is 23.9 Å². The van der Waals surface area contributed by atoms with Gasteiger partial charge in [-0.3, -0.25) is 4.79 Å². The number of hydrogen-bond acceptors (Lipinski definition) is 4. The molecule has 0 aromatic heterocycles. The largest absolute Gasteiger partial charge is 0.478 e. The van der Waals surface area contributed by atoms with E-state index in [2.05, 4.69) is 5.32 Å². The van der Waals surface area contributed by atoms with Crippen molar-refractivity contribution in [1.29, 1.82) is 5.41 Å². The van der Waals surface area contributed by atoms with Crippen molar-refractivity contribution in [3.8, 4) is 0 Å². The number of hydrogen-bond donors (Lipinski definition) is 4. The Morgan fingerprint density at radius 2 is 1.89 bits per heavy atom. The molecule has 0 unspecified atom stereocenters. The van der Waals surface area contributed by atoms with Gasteiger partial charge in [-0.15, -0.1) is 0 Å². The van der Waals surface area contributed by atoms with Crippen LogP contribution in [0.15, 0.2) is 54.6 Å². The molecular weight excluding hydrogens is 342 g/mol. The van der Waals surface area contributed by atoms with E-state index in [1.807, 2.05) is 24.3 Å². The van der Waals surface area contributed by atoms with Gasteiger partial charge in [0.1, 0.15) is 0 Å². The van der Waals surface area contributed by atoms with Gasteiger partial charge in [0.15, 0.2) is 0 Å². The standard InChI is InChI=1S/C21H19N3O3/c22-12-17-15-8-5-13(11-14(15)7-9-18(17)23)6-10-20(25)24-19-4-2-1-3-16(19)21(26)27/h1-5,7-9,11-12,22H,6,10,23H2,(H,24,25)(H,26,27). The van der Waals surface area contributed by atoms with Gasteiger partial charge in [0.2, 0.25) is 5.91 Å². The topological polar surface area (TPSA) is 116 Å². The number of aromatic carboxylic acids is 1. The highest BCUT2D eigenvalue weighted by Crippen LogP contribution is 2.24. The maximum absolute atomic E-state index is 12.2. The van der Waals surface area contributed by atoms with Crippen molar-refractivity contribution in [3.05, 3.63) is 71.3 Å². The first-order valence-electron chi connectivity index (χ1n) is 8.43. The summed E-state index contributed by atoms with van der Waals surface area (Å²) in [5, 5.41) is 21.2. The number of anilines is 2. The highest BCUT2D eigenvalue weighted by Gasteiger charge is 2.12. The minimum atomic E-state index is -1.08. The van der Waals surface area contributed by atoms with Crippen molar-refractivity contribution in [1.82, 2.24) is 0 Å². The molecule has 0 aliphatic rings. The lowest BCUT2D eigenvalue weighted by Crippen LogP contribution is -2.15. The third-order valence-electron chi connectivity index (χ3n) is 4.38. The number of carboxylic acid groups (broad SMARTS) is 1. The molecule has 6 nitrogen and oxygen atoms in total. The van der Waals surface area contributed by atoms with Crippen LogP contribution in [0.5, 0.6) is 0 Å². The number of nitrogens with one attached hydrogen (secondary N) is 2. The molecule has 0 radical (unpaired) electrons. The molecule has 1 amide bonds. The quantitative estimate of drug-likeness (QED) is 0.396. The average molecular weight is 361 g/mol. The summed E-state index contributed by atoms with van der Waals surface area (Å²) in [6.07, 6.45) is 1.98. The lowest BCUT2D eigenvalue weighted by Gasteiger charge is -2.10. The van der Waals surface area contributed by atoms with Crippen molar-refractivity contribution >= 4 is 40.2 Å². The van der Waals surface area contributed by atoms with E-state index in [-0.39, 0.29) is 17.9 Å². The third-order valence-corrected chi connectivity index (χ3v) is 4.38. The highest BCUT2D eigenvalue weighted by molar-refractivity contribution is 6.04. The first kappa shape index (κ1) is 18.1. The van der Waals surface area contributed by atoms with Gasteiger partial charge in [-0.1, -0.05) is 36.4 Å². The maximum atomic E-state index is 12.2. The fourth-order valence-corrected chi connectivity index (χ4v) is 2.99. The summed E-state index contributed by atoms with van der Waals surface area (Å²) in [4.78, 5) is 23.4. The number of carbonyl (C=O) groups excluding carboxylic acids is 1. The van der Waals surface area contributed by atoms with Crippen molar-refractivity contribution < 1.29 is 14.7 Å². The zero-order chi connectivity index (χ0) is 19.4. The van der Waals surface area contributed by atoms with Gasteiger partial charge in [-0.2, -0.15) is 0 Å². The van der Waals surface area contributed by atoms with Gasteiger partial charge in [-0.05, 0) is 41.0 Å². The lowest BCUT2D eigenvalue weighted by atomic mass is 9.99. The van der Waals surface area contributed by atoms with Crippen LogP contribution >= 0.6 is 0 Å². The Kier molecular flexibility index (Phi) is 5.17. The summed E-state index contributed by atoms with van der Waals surface area (Å²) < 4.78 is 0. The maximum Gasteiger partial charge on any atom is 0.337 e. The second-order valence-corrected chi connectivity index (χ2v) is 6.17. The molecule has 0 bridgehead atoms. The van der Waals surface area contributed by atoms with Crippen molar-refractivity contribution in [2.45, 2.75) is 12.8 Å². The number of benzene rings is 3. The number of carbonyl (C=O) groups is 2. The number of aryl methyl sites for hydroxylation is 1. The van der Waals surface area contributed by atoms with Crippen molar-refractivity contribution in [2.75, 3.05) is 11.1 Å². The van der Waals surface area contributed by atoms with Gasteiger partial charge in [-0.25, -0.2) is 4.79 Å². The lowest BCUT2D eigenvalue weighted by molar-refractivity contribution is -0.116. The van der Waals surface area contributed by atoms with E-state index in [1.165, 1.54) is 12.3 Å². The number of para-hydroxylation sites is 1. The number of carboxylic acids is 1. The van der Waals surface area contributed by atoms with Crippen LogP contribution in [-0.2, 0) is 11.2 Å². The highest BCUT2D eigenvalue weighted by atomic mass is 16.4. The van der Waals surface area contributed by atoms with Crippen LogP contribution in [0.1, 0.15) is 27.9 Å². The Labute approximate surface area is 156 Å². The Bertz CT molecular complexity index is 1040. The fourth-order valence-electron chi connectivity index (χ4n) is 2.99. The molecule has 0 atom stereocenters. The first-order chi connectivity index (χ1) is 13.0. The number of nitrogens with two attached hydrogens (primary N) is 1. The zero-order valence-electron chi connectivity index (χ0n) is 14.5. The van der Waals surface area contributed by atoms with E-state index in [0.29, 0.717) is 23.4 Å². The van der Waals surface area contributed by atoms with E-state index >= 15 is 0 Å². The van der Waals surface area contributed by atoms with Gasteiger partial charge in [0.05, 0.1) is 11.3 Å². The van der Waals surface area contributed by atoms with Crippen LogP contribution in [-0.4, -0.2) is 23.2 Å².